The number of aryl methyl sites for hydroxylation is 1. The minimum Gasteiger partial charge on any atom is -0.367 e. The van der Waals surface area contributed by atoms with Crippen LogP contribution in [0.2, 0.25) is 0 Å². The van der Waals surface area contributed by atoms with Crippen LogP contribution in [0.1, 0.15) is 45.9 Å². The molecule has 0 fully saturated rings. The van der Waals surface area contributed by atoms with E-state index in [2.05, 4.69) is 29.1 Å². The maximum absolute atomic E-state index is 11.3. The van der Waals surface area contributed by atoms with Crippen molar-refractivity contribution in [2.75, 3.05) is 5.32 Å². The van der Waals surface area contributed by atoms with Gasteiger partial charge in [0, 0.05) is 18.5 Å². The Balaban J connectivity index is 2.65. The first kappa shape index (κ1) is 12.7. The lowest BCUT2D eigenvalue weighted by atomic mass is 10.1. The van der Waals surface area contributed by atoms with Gasteiger partial charge >= 0.3 is 0 Å². The molecule has 1 aromatic rings. The van der Waals surface area contributed by atoms with Gasteiger partial charge in [-0.1, -0.05) is 26.7 Å². The lowest BCUT2D eigenvalue weighted by Crippen LogP contribution is -2.19. The van der Waals surface area contributed by atoms with E-state index in [1.807, 2.05) is 6.92 Å². The Labute approximate surface area is 96.5 Å². The van der Waals surface area contributed by atoms with Gasteiger partial charge in [0.2, 0.25) is 0 Å². The summed E-state index contributed by atoms with van der Waals surface area (Å²) in [5, 5.41) is 3.26. The van der Waals surface area contributed by atoms with Gasteiger partial charge in [-0.15, -0.1) is 0 Å². The van der Waals surface area contributed by atoms with Crippen molar-refractivity contribution in [3.8, 4) is 0 Å². The summed E-state index contributed by atoms with van der Waals surface area (Å²) < 4.78 is 0. The molecule has 1 rings (SSSR count). The fraction of sp³-hybridized carbons (Fsp3) is 0.667. The molecule has 0 saturated carbocycles. The first-order chi connectivity index (χ1) is 7.65. The molecule has 1 unspecified atom stereocenters. The van der Waals surface area contributed by atoms with E-state index in [4.69, 9.17) is 0 Å². The quantitative estimate of drug-likeness (QED) is 0.778. The van der Waals surface area contributed by atoms with Crippen molar-refractivity contribution in [1.82, 2.24) is 9.97 Å². The van der Waals surface area contributed by atoms with E-state index in [1.54, 1.807) is 0 Å². The van der Waals surface area contributed by atoms with Crippen molar-refractivity contribution in [1.29, 1.82) is 0 Å². The highest BCUT2D eigenvalue weighted by Crippen LogP contribution is 2.07. The summed E-state index contributed by atoms with van der Waals surface area (Å²) in [6, 6.07) is 1.88. The van der Waals surface area contributed by atoms with Crippen LogP contribution in [-0.4, -0.2) is 16.0 Å². The van der Waals surface area contributed by atoms with Gasteiger partial charge in [-0.3, -0.25) is 4.79 Å². The zero-order chi connectivity index (χ0) is 12.0. The van der Waals surface area contributed by atoms with Crippen molar-refractivity contribution in [3.05, 3.63) is 22.2 Å². The smallest absolute Gasteiger partial charge is 0.252 e. The molecule has 0 aromatic carbocycles. The summed E-state index contributed by atoms with van der Waals surface area (Å²) in [4.78, 5) is 18.4. The first-order valence-electron chi connectivity index (χ1n) is 6.02. The molecule has 1 atom stereocenters. The third-order valence-electron chi connectivity index (χ3n) is 2.51. The van der Waals surface area contributed by atoms with E-state index >= 15 is 0 Å². The molecule has 0 amide bonds. The number of hydrogen-bond donors (Lipinski definition) is 2. The molecule has 0 aliphatic carbocycles. The normalized spacial score (nSPS) is 12.4. The zero-order valence-electron chi connectivity index (χ0n) is 10.3. The Morgan fingerprint density at radius 1 is 1.50 bits per heavy atom. The number of unbranched alkanes of at least 4 members (excludes halogenated alkanes) is 1. The molecule has 0 spiro atoms. The van der Waals surface area contributed by atoms with Crippen LogP contribution >= 0.6 is 0 Å². The van der Waals surface area contributed by atoms with E-state index < -0.39 is 0 Å². The Bertz CT molecular complexity index is 373. The van der Waals surface area contributed by atoms with Crippen LogP contribution in [0.25, 0.3) is 0 Å². The molecule has 1 aromatic heterocycles. The number of aromatic nitrogens is 2. The predicted octanol–water partition coefficient (Wildman–Crippen LogP) is 2.32. The molecule has 0 bridgehead atoms. The average Bonchev–Trinajstić information content (AvgIpc) is 2.25. The average molecular weight is 223 g/mol. The van der Waals surface area contributed by atoms with Crippen molar-refractivity contribution in [2.45, 2.75) is 52.5 Å². The van der Waals surface area contributed by atoms with Gasteiger partial charge in [-0.25, -0.2) is 4.98 Å². The van der Waals surface area contributed by atoms with Crippen molar-refractivity contribution < 1.29 is 0 Å². The van der Waals surface area contributed by atoms with Crippen LogP contribution in [0.15, 0.2) is 10.9 Å². The Morgan fingerprint density at radius 2 is 2.25 bits per heavy atom. The lowest BCUT2D eigenvalue weighted by molar-refractivity contribution is 0.642. The molecule has 0 aliphatic heterocycles. The third-order valence-corrected chi connectivity index (χ3v) is 2.51. The maximum atomic E-state index is 11.3. The van der Waals surface area contributed by atoms with Crippen LogP contribution in [0, 0.1) is 0 Å². The molecule has 16 heavy (non-hydrogen) atoms. The maximum Gasteiger partial charge on any atom is 0.252 e. The van der Waals surface area contributed by atoms with E-state index in [-0.39, 0.29) is 5.56 Å². The summed E-state index contributed by atoms with van der Waals surface area (Å²) in [6.45, 7) is 6.26. The fourth-order valence-electron chi connectivity index (χ4n) is 1.58. The number of nitrogens with zero attached hydrogens (tertiary/aromatic N) is 1. The Morgan fingerprint density at radius 3 is 2.88 bits per heavy atom. The Kier molecular flexibility index (Phi) is 5.02. The number of anilines is 1. The molecule has 4 nitrogen and oxygen atoms in total. The fourth-order valence-corrected chi connectivity index (χ4v) is 1.58. The van der Waals surface area contributed by atoms with Crippen molar-refractivity contribution in [2.24, 2.45) is 0 Å². The van der Waals surface area contributed by atoms with Gasteiger partial charge in [0.1, 0.15) is 11.6 Å². The van der Waals surface area contributed by atoms with E-state index in [0.717, 1.165) is 18.7 Å². The van der Waals surface area contributed by atoms with Gasteiger partial charge in [-0.2, -0.15) is 0 Å². The highest BCUT2D eigenvalue weighted by atomic mass is 16.1. The molecular formula is C12H21N3O. The van der Waals surface area contributed by atoms with Crippen LogP contribution in [0.5, 0.6) is 0 Å². The van der Waals surface area contributed by atoms with Gasteiger partial charge in [0.15, 0.2) is 0 Å². The summed E-state index contributed by atoms with van der Waals surface area (Å²) >= 11 is 0. The summed E-state index contributed by atoms with van der Waals surface area (Å²) in [6.07, 6.45) is 4.23. The number of rotatable bonds is 6. The van der Waals surface area contributed by atoms with Gasteiger partial charge in [0.05, 0.1) is 0 Å². The minimum atomic E-state index is -0.0861. The SMILES string of the molecule is CCCCC(C)Nc1cc(=O)[nH]c(CC)n1. The van der Waals surface area contributed by atoms with Crippen molar-refractivity contribution >= 4 is 5.82 Å². The highest BCUT2D eigenvalue weighted by Gasteiger charge is 2.04. The van der Waals surface area contributed by atoms with Crippen LogP contribution < -0.4 is 10.9 Å². The molecule has 1 heterocycles. The largest absolute Gasteiger partial charge is 0.367 e. The summed E-state index contributed by atoms with van der Waals surface area (Å²) in [5.74, 6) is 1.42. The van der Waals surface area contributed by atoms with Gasteiger partial charge in [0.25, 0.3) is 5.56 Å². The second-order valence-corrected chi connectivity index (χ2v) is 4.12. The molecule has 0 aliphatic rings. The number of H-pyrrole nitrogens is 1. The van der Waals surface area contributed by atoms with Gasteiger partial charge < -0.3 is 10.3 Å². The standard InChI is InChI=1S/C12H21N3O/c1-4-6-7-9(3)13-11-8-12(16)15-10(5-2)14-11/h8-9H,4-7H2,1-3H3,(H2,13,14,15,16). The molecule has 0 radical (unpaired) electrons. The molecular weight excluding hydrogens is 202 g/mol. The van der Waals surface area contributed by atoms with Crippen molar-refractivity contribution in [3.63, 3.8) is 0 Å². The highest BCUT2D eigenvalue weighted by molar-refractivity contribution is 5.33. The monoisotopic (exact) mass is 223 g/mol. The summed E-state index contributed by atoms with van der Waals surface area (Å²) in [7, 11) is 0. The van der Waals surface area contributed by atoms with Gasteiger partial charge in [-0.05, 0) is 13.3 Å². The number of nitrogens with one attached hydrogen (secondary N) is 2. The van der Waals surface area contributed by atoms with E-state index in [0.29, 0.717) is 11.9 Å². The number of aromatic amines is 1. The molecule has 4 heteroatoms. The second kappa shape index (κ2) is 6.30. The lowest BCUT2D eigenvalue weighted by Gasteiger charge is -2.14. The third kappa shape index (κ3) is 4.04. The van der Waals surface area contributed by atoms with Crippen LogP contribution in [-0.2, 0) is 6.42 Å². The minimum absolute atomic E-state index is 0.0861. The van der Waals surface area contributed by atoms with E-state index in [1.165, 1.54) is 18.9 Å². The predicted molar refractivity (Wildman–Crippen MR) is 66.8 cm³/mol. The molecule has 0 saturated heterocycles. The molecule has 90 valence electrons. The second-order valence-electron chi connectivity index (χ2n) is 4.12. The topological polar surface area (TPSA) is 57.8 Å². The zero-order valence-corrected chi connectivity index (χ0v) is 10.3. The van der Waals surface area contributed by atoms with Crippen LogP contribution in [0.4, 0.5) is 5.82 Å². The summed E-state index contributed by atoms with van der Waals surface area (Å²) in [5.41, 5.74) is -0.0861. The molecule has 2 N–H and O–H groups in total. The number of hydrogen-bond acceptors (Lipinski definition) is 3. The van der Waals surface area contributed by atoms with Crippen LogP contribution in [0.3, 0.4) is 0 Å². The first-order valence-corrected chi connectivity index (χ1v) is 6.02. The van der Waals surface area contributed by atoms with E-state index in [9.17, 15) is 4.79 Å². The Hall–Kier alpha value is -1.32.